The van der Waals surface area contributed by atoms with E-state index in [0.29, 0.717) is 19.7 Å². The van der Waals surface area contributed by atoms with E-state index in [0.717, 1.165) is 40.4 Å². The van der Waals surface area contributed by atoms with Gasteiger partial charge in [-0.1, -0.05) is 38.8 Å². The maximum absolute atomic E-state index is 5.61. The van der Waals surface area contributed by atoms with Crippen molar-refractivity contribution >= 4 is 11.9 Å². The van der Waals surface area contributed by atoms with Gasteiger partial charge in [-0.15, -0.1) is 0 Å². The monoisotopic (exact) mass is 337 g/mol. The highest BCUT2D eigenvalue weighted by molar-refractivity contribution is 5.62. The SMILES string of the molecule is C=C1COc2ccc(CNC(=C)C(=C)C(=CCN=CC)CC)cc2N1. The van der Waals surface area contributed by atoms with Crippen LogP contribution in [0.15, 0.2) is 71.5 Å². The topological polar surface area (TPSA) is 45.6 Å². The third-order valence-corrected chi connectivity index (χ3v) is 4.02. The van der Waals surface area contributed by atoms with Gasteiger partial charge in [0.15, 0.2) is 0 Å². The van der Waals surface area contributed by atoms with E-state index in [1.54, 1.807) is 0 Å². The maximum atomic E-state index is 5.61. The van der Waals surface area contributed by atoms with Crippen molar-refractivity contribution in [1.29, 1.82) is 0 Å². The Kier molecular flexibility index (Phi) is 6.63. The summed E-state index contributed by atoms with van der Waals surface area (Å²) in [5, 5.41) is 6.61. The number of rotatable bonds is 8. The molecule has 1 heterocycles. The van der Waals surface area contributed by atoms with Gasteiger partial charge in [0.1, 0.15) is 12.4 Å². The average molecular weight is 337 g/mol. The second kappa shape index (κ2) is 8.92. The first-order chi connectivity index (χ1) is 12.0. The fourth-order valence-electron chi connectivity index (χ4n) is 2.56. The van der Waals surface area contributed by atoms with Crippen LogP contribution < -0.4 is 15.4 Å². The van der Waals surface area contributed by atoms with Crippen molar-refractivity contribution in [3.05, 3.63) is 72.1 Å². The van der Waals surface area contributed by atoms with E-state index in [-0.39, 0.29) is 0 Å². The number of aliphatic imine (C=N–C) groups is 1. The van der Waals surface area contributed by atoms with Crippen LogP contribution in [0.5, 0.6) is 5.75 Å². The van der Waals surface area contributed by atoms with Gasteiger partial charge in [-0.2, -0.15) is 0 Å². The molecule has 4 nitrogen and oxygen atoms in total. The van der Waals surface area contributed by atoms with E-state index in [1.807, 2.05) is 25.3 Å². The average Bonchev–Trinajstić information content (AvgIpc) is 2.62. The van der Waals surface area contributed by atoms with Gasteiger partial charge in [-0.25, -0.2) is 0 Å². The summed E-state index contributed by atoms with van der Waals surface area (Å²) >= 11 is 0. The van der Waals surface area contributed by atoms with E-state index < -0.39 is 0 Å². The highest BCUT2D eigenvalue weighted by atomic mass is 16.5. The van der Waals surface area contributed by atoms with Crippen molar-refractivity contribution in [2.24, 2.45) is 4.99 Å². The summed E-state index contributed by atoms with van der Waals surface area (Å²) < 4.78 is 5.61. The summed E-state index contributed by atoms with van der Waals surface area (Å²) in [4.78, 5) is 4.22. The quantitative estimate of drug-likeness (QED) is 0.539. The van der Waals surface area contributed by atoms with Gasteiger partial charge in [0, 0.05) is 17.9 Å². The molecule has 0 unspecified atom stereocenters. The molecule has 0 fully saturated rings. The molecule has 25 heavy (non-hydrogen) atoms. The van der Waals surface area contributed by atoms with Crippen LogP contribution in [0.4, 0.5) is 5.69 Å². The molecule has 0 amide bonds. The predicted octanol–water partition coefficient (Wildman–Crippen LogP) is 4.59. The molecule has 0 radical (unpaired) electrons. The lowest BCUT2D eigenvalue weighted by Gasteiger charge is -2.22. The summed E-state index contributed by atoms with van der Waals surface area (Å²) in [5.74, 6) is 0.854. The molecule has 0 aromatic heterocycles. The van der Waals surface area contributed by atoms with Crippen molar-refractivity contribution in [3.8, 4) is 5.75 Å². The largest absolute Gasteiger partial charge is 0.485 e. The van der Waals surface area contributed by atoms with Crippen molar-refractivity contribution in [2.75, 3.05) is 18.5 Å². The summed E-state index contributed by atoms with van der Waals surface area (Å²) in [6, 6.07) is 6.09. The number of nitrogens with one attached hydrogen (secondary N) is 2. The summed E-state index contributed by atoms with van der Waals surface area (Å²) in [5.41, 5.74) is 5.88. The van der Waals surface area contributed by atoms with Gasteiger partial charge in [0.2, 0.25) is 0 Å². The molecule has 4 heteroatoms. The van der Waals surface area contributed by atoms with Crippen LogP contribution in [-0.4, -0.2) is 19.4 Å². The third-order valence-electron chi connectivity index (χ3n) is 4.02. The number of nitrogens with zero attached hydrogens (tertiary/aromatic N) is 1. The van der Waals surface area contributed by atoms with E-state index in [9.17, 15) is 0 Å². The molecule has 1 aromatic carbocycles. The predicted molar refractivity (Wildman–Crippen MR) is 107 cm³/mol. The zero-order valence-electron chi connectivity index (χ0n) is 15.2. The second-order valence-corrected chi connectivity index (χ2v) is 5.86. The first kappa shape index (κ1) is 18.6. The van der Waals surface area contributed by atoms with E-state index in [1.165, 1.54) is 5.57 Å². The normalized spacial score (nSPS) is 13.8. The Labute approximate surface area is 150 Å². The summed E-state index contributed by atoms with van der Waals surface area (Å²) in [7, 11) is 0. The van der Waals surface area contributed by atoms with Gasteiger partial charge in [-0.05, 0) is 48.4 Å². The number of benzene rings is 1. The minimum absolute atomic E-state index is 0.509. The number of hydrogen-bond acceptors (Lipinski definition) is 4. The second-order valence-electron chi connectivity index (χ2n) is 5.86. The molecule has 2 N–H and O–H groups in total. The molecule has 0 aliphatic carbocycles. The Morgan fingerprint density at radius 2 is 2.20 bits per heavy atom. The lowest BCUT2D eigenvalue weighted by Crippen LogP contribution is -2.17. The van der Waals surface area contributed by atoms with E-state index in [2.05, 4.69) is 54.4 Å². The van der Waals surface area contributed by atoms with Crippen molar-refractivity contribution in [3.63, 3.8) is 0 Å². The van der Waals surface area contributed by atoms with Crippen LogP contribution in [0.25, 0.3) is 0 Å². The Morgan fingerprint density at radius 3 is 2.92 bits per heavy atom. The molecule has 1 aliphatic heterocycles. The number of anilines is 1. The number of ether oxygens (including phenoxy) is 1. The van der Waals surface area contributed by atoms with Gasteiger partial charge in [0.05, 0.1) is 12.2 Å². The highest BCUT2D eigenvalue weighted by Gasteiger charge is 2.12. The molecule has 0 saturated carbocycles. The third kappa shape index (κ3) is 5.11. The minimum Gasteiger partial charge on any atom is -0.485 e. The zero-order chi connectivity index (χ0) is 18.2. The molecule has 0 saturated heterocycles. The highest BCUT2D eigenvalue weighted by Crippen LogP contribution is 2.30. The van der Waals surface area contributed by atoms with Gasteiger partial charge < -0.3 is 15.4 Å². The number of allylic oxidation sites excluding steroid dienone is 1. The van der Waals surface area contributed by atoms with Crippen LogP contribution in [0.2, 0.25) is 0 Å². The molecule has 0 spiro atoms. The van der Waals surface area contributed by atoms with E-state index in [4.69, 9.17) is 4.74 Å². The summed E-state index contributed by atoms with van der Waals surface area (Å²) in [6.45, 7) is 18.1. The molecule has 1 aliphatic rings. The number of hydrogen-bond donors (Lipinski definition) is 2. The van der Waals surface area contributed by atoms with Gasteiger partial charge in [-0.3, -0.25) is 4.99 Å². The molecular formula is C21H27N3O. The molecule has 1 aromatic rings. The molecule has 2 rings (SSSR count). The maximum Gasteiger partial charge on any atom is 0.143 e. The molecule has 132 valence electrons. The van der Waals surface area contributed by atoms with Crippen LogP contribution in [0.3, 0.4) is 0 Å². The van der Waals surface area contributed by atoms with Crippen LogP contribution in [0.1, 0.15) is 25.8 Å². The fourth-order valence-corrected chi connectivity index (χ4v) is 2.56. The smallest absolute Gasteiger partial charge is 0.143 e. The Bertz CT molecular complexity index is 729. The zero-order valence-corrected chi connectivity index (χ0v) is 15.2. The van der Waals surface area contributed by atoms with Crippen LogP contribution in [0, 0.1) is 0 Å². The lowest BCUT2D eigenvalue weighted by molar-refractivity contribution is 0.346. The van der Waals surface area contributed by atoms with E-state index >= 15 is 0 Å². The van der Waals surface area contributed by atoms with Gasteiger partial charge in [0.25, 0.3) is 0 Å². The van der Waals surface area contributed by atoms with Crippen molar-refractivity contribution < 1.29 is 4.74 Å². The van der Waals surface area contributed by atoms with Crippen molar-refractivity contribution in [2.45, 2.75) is 26.8 Å². The molecule has 0 atom stereocenters. The standard InChI is InChI=1S/C21H27N3O/c1-6-19(10-11-22-7-2)16(4)17(5)23-13-18-8-9-21-20(12-18)24-15(3)14-25-21/h7-10,12,23-24H,3-6,11,13-14H2,1-2H3. The van der Waals surface area contributed by atoms with Crippen LogP contribution in [-0.2, 0) is 6.54 Å². The molecule has 0 bridgehead atoms. The first-order valence-electron chi connectivity index (χ1n) is 8.51. The lowest BCUT2D eigenvalue weighted by atomic mass is 10.0. The summed E-state index contributed by atoms with van der Waals surface area (Å²) in [6.07, 6.45) is 4.81. The number of fused-ring (bicyclic) bond motifs is 1. The molecular weight excluding hydrogens is 310 g/mol. The first-order valence-corrected chi connectivity index (χ1v) is 8.51. The minimum atomic E-state index is 0.509. The Morgan fingerprint density at radius 1 is 1.40 bits per heavy atom. The Balaban J connectivity index is 1.97. The fraction of sp³-hybridized carbons (Fsp3) is 0.286. The van der Waals surface area contributed by atoms with Crippen molar-refractivity contribution in [1.82, 2.24) is 5.32 Å². The van der Waals surface area contributed by atoms with Crippen LogP contribution >= 0.6 is 0 Å². The Hall–Kier alpha value is -2.75. The van der Waals surface area contributed by atoms with Gasteiger partial charge >= 0.3 is 0 Å².